The van der Waals surface area contributed by atoms with E-state index in [4.69, 9.17) is 5.73 Å². The molecule has 1 aromatic carbocycles. The van der Waals surface area contributed by atoms with Crippen molar-refractivity contribution in [3.63, 3.8) is 0 Å². The lowest BCUT2D eigenvalue weighted by Crippen LogP contribution is -2.47. The molecular formula is C17H27Cl2N3O. The van der Waals surface area contributed by atoms with Crippen LogP contribution in [0.2, 0.25) is 0 Å². The van der Waals surface area contributed by atoms with Crippen LogP contribution in [0.4, 0.5) is 0 Å². The molecule has 23 heavy (non-hydrogen) atoms. The number of nitrogens with one attached hydrogen (secondary N) is 1. The van der Waals surface area contributed by atoms with Crippen LogP contribution in [0.1, 0.15) is 31.2 Å². The number of amides is 1. The first-order valence-corrected chi connectivity index (χ1v) is 8.05. The third-order valence-electron chi connectivity index (χ3n) is 4.63. The van der Waals surface area contributed by atoms with Crippen molar-refractivity contribution in [1.82, 2.24) is 10.2 Å². The molecule has 1 saturated heterocycles. The highest BCUT2D eigenvalue weighted by atomic mass is 35.5. The zero-order chi connectivity index (χ0) is 14.7. The molecule has 3 N–H and O–H groups in total. The van der Waals surface area contributed by atoms with Gasteiger partial charge in [-0.2, -0.15) is 0 Å². The van der Waals surface area contributed by atoms with Gasteiger partial charge in [-0.05, 0) is 43.7 Å². The van der Waals surface area contributed by atoms with Gasteiger partial charge in [0.1, 0.15) is 0 Å². The van der Waals surface area contributed by atoms with E-state index in [1.54, 1.807) is 0 Å². The summed E-state index contributed by atoms with van der Waals surface area (Å²) < 4.78 is 0. The number of benzene rings is 1. The molecular weight excluding hydrogens is 333 g/mol. The Morgan fingerprint density at radius 2 is 1.91 bits per heavy atom. The largest absolute Gasteiger partial charge is 0.353 e. The van der Waals surface area contributed by atoms with E-state index in [1.165, 1.54) is 18.4 Å². The van der Waals surface area contributed by atoms with Gasteiger partial charge in [0.25, 0.3) is 0 Å². The number of rotatable bonds is 6. The van der Waals surface area contributed by atoms with Crippen molar-refractivity contribution in [1.29, 1.82) is 0 Å². The molecule has 2 atom stereocenters. The van der Waals surface area contributed by atoms with Gasteiger partial charge >= 0.3 is 0 Å². The topological polar surface area (TPSA) is 58.4 Å². The van der Waals surface area contributed by atoms with E-state index in [0.29, 0.717) is 12.5 Å². The van der Waals surface area contributed by atoms with Crippen LogP contribution in [0.5, 0.6) is 0 Å². The number of nitrogens with two attached hydrogens (primary N) is 1. The molecule has 0 radical (unpaired) electrons. The molecule has 1 aliphatic heterocycles. The lowest BCUT2D eigenvalue weighted by molar-refractivity contribution is -0.125. The molecule has 1 aliphatic carbocycles. The van der Waals surface area contributed by atoms with Crippen molar-refractivity contribution in [3.05, 3.63) is 35.9 Å². The standard InChI is InChI=1S/C17H25N3O.2ClH/c18-15(14-8-9-14)11-19-17(21)16-7-4-10-20(16)12-13-5-2-1-3-6-13;;/h1-3,5-6,14-16H,4,7-12,18H2,(H,19,21);2*1H. The molecule has 1 aromatic rings. The van der Waals surface area contributed by atoms with Gasteiger partial charge < -0.3 is 11.1 Å². The smallest absolute Gasteiger partial charge is 0.237 e. The maximum absolute atomic E-state index is 12.4. The first-order valence-electron chi connectivity index (χ1n) is 8.05. The van der Waals surface area contributed by atoms with Crippen molar-refractivity contribution >= 4 is 30.7 Å². The Morgan fingerprint density at radius 1 is 1.22 bits per heavy atom. The molecule has 0 bridgehead atoms. The number of halogens is 2. The van der Waals surface area contributed by atoms with Crippen LogP contribution in [0.3, 0.4) is 0 Å². The number of likely N-dealkylation sites (tertiary alicyclic amines) is 1. The monoisotopic (exact) mass is 359 g/mol. The molecule has 0 aromatic heterocycles. The number of carbonyl (C=O) groups excluding carboxylic acids is 1. The molecule has 1 saturated carbocycles. The Labute approximate surface area is 151 Å². The molecule has 4 nitrogen and oxygen atoms in total. The third-order valence-corrected chi connectivity index (χ3v) is 4.63. The number of carbonyl (C=O) groups is 1. The van der Waals surface area contributed by atoms with Gasteiger partial charge in [-0.15, -0.1) is 24.8 Å². The Hall–Kier alpha value is -0.810. The highest BCUT2D eigenvalue weighted by Crippen LogP contribution is 2.31. The minimum Gasteiger partial charge on any atom is -0.353 e. The van der Waals surface area contributed by atoms with Crippen molar-refractivity contribution in [2.45, 2.75) is 44.3 Å². The van der Waals surface area contributed by atoms with Gasteiger partial charge in [0.15, 0.2) is 0 Å². The second-order valence-electron chi connectivity index (χ2n) is 6.36. The lowest BCUT2D eigenvalue weighted by Gasteiger charge is -2.24. The van der Waals surface area contributed by atoms with Gasteiger partial charge in [0.2, 0.25) is 5.91 Å². The minimum atomic E-state index is 0. The first kappa shape index (κ1) is 20.2. The summed E-state index contributed by atoms with van der Waals surface area (Å²) in [5.74, 6) is 0.786. The molecule has 2 aliphatic rings. The van der Waals surface area contributed by atoms with Crippen LogP contribution in [-0.4, -0.2) is 36.0 Å². The summed E-state index contributed by atoms with van der Waals surface area (Å²) in [4.78, 5) is 14.7. The van der Waals surface area contributed by atoms with E-state index in [-0.39, 0.29) is 42.8 Å². The van der Waals surface area contributed by atoms with Gasteiger partial charge in [-0.3, -0.25) is 9.69 Å². The quantitative estimate of drug-likeness (QED) is 0.819. The summed E-state index contributed by atoms with van der Waals surface area (Å²) in [5.41, 5.74) is 7.33. The van der Waals surface area contributed by atoms with Crippen LogP contribution >= 0.6 is 24.8 Å². The predicted octanol–water partition coefficient (Wildman–Crippen LogP) is 2.35. The van der Waals surface area contributed by atoms with E-state index in [9.17, 15) is 4.79 Å². The normalized spacial score (nSPS) is 21.9. The minimum absolute atomic E-state index is 0. The van der Waals surface area contributed by atoms with Crippen LogP contribution in [0, 0.1) is 5.92 Å². The number of nitrogens with zero attached hydrogens (tertiary/aromatic N) is 1. The first-order chi connectivity index (χ1) is 10.2. The van der Waals surface area contributed by atoms with Gasteiger partial charge in [-0.25, -0.2) is 0 Å². The molecule has 2 unspecified atom stereocenters. The van der Waals surface area contributed by atoms with Gasteiger partial charge in [0, 0.05) is 19.1 Å². The summed E-state index contributed by atoms with van der Waals surface area (Å²) in [6.45, 7) is 2.48. The zero-order valence-corrected chi connectivity index (χ0v) is 15.0. The second kappa shape index (κ2) is 9.48. The Bertz CT molecular complexity index is 482. The third kappa shape index (κ3) is 5.64. The molecule has 2 fully saturated rings. The van der Waals surface area contributed by atoms with Crippen molar-refractivity contribution in [2.24, 2.45) is 11.7 Å². The molecule has 130 valence electrons. The average molecular weight is 360 g/mol. The zero-order valence-electron chi connectivity index (χ0n) is 13.3. The van der Waals surface area contributed by atoms with E-state index in [0.717, 1.165) is 25.9 Å². The van der Waals surface area contributed by atoms with E-state index < -0.39 is 0 Å². The predicted molar refractivity (Wildman–Crippen MR) is 98.1 cm³/mol. The summed E-state index contributed by atoms with van der Waals surface area (Å²) in [6.07, 6.45) is 4.50. The average Bonchev–Trinajstić information content (AvgIpc) is 3.26. The van der Waals surface area contributed by atoms with Crippen molar-refractivity contribution in [3.8, 4) is 0 Å². The highest BCUT2D eigenvalue weighted by molar-refractivity contribution is 5.85. The van der Waals surface area contributed by atoms with Crippen LogP contribution < -0.4 is 11.1 Å². The fourth-order valence-corrected chi connectivity index (χ4v) is 3.16. The van der Waals surface area contributed by atoms with E-state index in [2.05, 4.69) is 34.5 Å². The maximum atomic E-state index is 12.4. The van der Waals surface area contributed by atoms with Crippen molar-refractivity contribution < 1.29 is 4.79 Å². The van der Waals surface area contributed by atoms with E-state index in [1.807, 2.05) is 6.07 Å². The van der Waals surface area contributed by atoms with Crippen LogP contribution in [0.15, 0.2) is 30.3 Å². The number of hydrogen-bond acceptors (Lipinski definition) is 3. The van der Waals surface area contributed by atoms with Crippen LogP contribution in [-0.2, 0) is 11.3 Å². The lowest BCUT2D eigenvalue weighted by atomic mass is 10.1. The summed E-state index contributed by atoms with van der Waals surface area (Å²) in [5, 5.41) is 3.06. The van der Waals surface area contributed by atoms with E-state index >= 15 is 0 Å². The second-order valence-corrected chi connectivity index (χ2v) is 6.36. The van der Waals surface area contributed by atoms with Gasteiger partial charge in [0.05, 0.1) is 6.04 Å². The Morgan fingerprint density at radius 3 is 2.57 bits per heavy atom. The fourth-order valence-electron chi connectivity index (χ4n) is 3.16. The van der Waals surface area contributed by atoms with Crippen molar-refractivity contribution in [2.75, 3.05) is 13.1 Å². The molecule has 1 heterocycles. The Balaban J connectivity index is 0.00000132. The maximum Gasteiger partial charge on any atom is 0.237 e. The SMILES string of the molecule is Cl.Cl.NC(CNC(=O)C1CCCN1Cc1ccccc1)C1CC1. The Kier molecular flexibility index (Phi) is 8.34. The summed E-state index contributed by atoms with van der Waals surface area (Å²) >= 11 is 0. The summed E-state index contributed by atoms with van der Waals surface area (Å²) in [7, 11) is 0. The molecule has 3 rings (SSSR count). The van der Waals surface area contributed by atoms with Crippen LogP contribution in [0.25, 0.3) is 0 Å². The molecule has 0 spiro atoms. The fraction of sp³-hybridized carbons (Fsp3) is 0.588. The highest BCUT2D eigenvalue weighted by Gasteiger charge is 2.32. The number of hydrogen-bond donors (Lipinski definition) is 2. The molecule has 6 heteroatoms. The van der Waals surface area contributed by atoms with Gasteiger partial charge in [-0.1, -0.05) is 30.3 Å². The summed E-state index contributed by atoms with van der Waals surface area (Å²) in [6, 6.07) is 10.5. The molecule has 1 amide bonds.